The second kappa shape index (κ2) is 4.59. The SMILES string of the molecule is CN1CCC(NS(=O)(=O)CCl)CC1. The predicted octanol–water partition coefficient (Wildman–Crippen LogP) is 0.196. The molecule has 0 saturated carbocycles. The van der Waals surface area contributed by atoms with Crippen LogP contribution in [0.3, 0.4) is 0 Å². The zero-order valence-corrected chi connectivity index (χ0v) is 9.24. The van der Waals surface area contributed by atoms with E-state index in [-0.39, 0.29) is 11.3 Å². The van der Waals surface area contributed by atoms with Gasteiger partial charge in [0.25, 0.3) is 0 Å². The minimum atomic E-state index is -3.24. The van der Waals surface area contributed by atoms with Crippen LogP contribution >= 0.6 is 11.6 Å². The van der Waals surface area contributed by atoms with Gasteiger partial charge in [-0.2, -0.15) is 0 Å². The summed E-state index contributed by atoms with van der Waals surface area (Å²) in [6.45, 7) is 1.88. The topological polar surface area (TPSA) is 49.4 Å². The van der Waals surface area contributed by atoms with Crippen molar-refractivity contribution in [2.45, 2.75) is 18.9 Å². The Morgan fingerprint density at radius 3 is 2.46 bits per heavy atom. The highest BCUT2D eigenvalue weighted by Crippen LogP contribution is 2.09. The minimum Gasteiger partial charge on any atom is -0.306 e. The van der Waals surface area contributed by atoms with Crippen molar-refractivity contribution in [3.63, 3.8) is 0 Å². The molecule has 0 radical (unpaired) electrons. The number of hydrogen-bond donors (Lipinski definition) is 1. The molecule has 0 aromatic heterocycles. The van der Waals surface area contributed by atoms with Crippen LogP contribution < -0.4 is 4.72 Å². The van der Waals surface area contributed by atoms with E-state index in [1.165, 1.54) is 0 Å². The number of sulfonamides is 1. The van der Waals surface area contributed by atoms with Gasteiger partial charge in [0.05, 0.1) is 0 Å². The van der Waals surface area contributed by atoms with Crippen molar-refractivity contribution in [1.82, 2.24) is 9.62 Å². The molecule has 0 aliphatic carbocycles. The summed E-state index contributed by atoms with van der Waals surface area (Å²) in [5.74, 6) is 0. The van der Waals surface area contributed by atoms with Crippen LogP contribution in [-0.2, 0) is 10.0 Å². The van der Waals surface area contributed by atoms with Crippen LogP contribution in [0.4, 0.5) is 0 Å². The van der Waals surface area contributed by atoms with Crippen LogP contribution in [0.25, 0.3) is 0 Å². The molecule has 1 saturated heterocycles. The molecule has 1 aliphatic rings. The largest absolute Gasteiger partial charge is 0.306 e. The Morgan fingerprint density at radius 1 is 1.46 bits per heavy atom. The van der Waals surface area contributed by atoms with Gasteiger partial charge in [-0.15, -0.1) is 11.6 Å². The van der Waals surface area contributed by atoms with Gasteiger partial charge in [-0.3, -0.25) is 0 Å². The molecule has 0 aromatic carbocycles. The van der Waals surface area contributed by atoms with Crippen molar-refractivity contribution in [2.75, 3.05) is 25.3 Å². The van der Waals surface area contributed by atoms with E-state index in [4.69, 9.17) is 11.6 Å². The lowest BCUT2D eigenvalue weighted by molar-refractivity contribution is 0.248. The van der Waals surface area contributed by atoms with Crippen LogP contribution in [0, 0.1) is 0 Å². The van der Waals surface area contributed by atoms with Crippen molar-refractivity contribution in [3.05, 3.63) is 0 Å². The van der Waals surface area contributed by atoms with E-state index in [0.717, 1.165) is 25.9 Å². The molecule has 0 amide bonds. The lowest BCUT2D eigenvalue weighted by atomic mass is 10.1. The van der Waals surface area contributed by atoms with E-state index in [1.807, 2.05) is 7.05 Å². The van der Waals surface area contributed by atoms with Gasteiger partial charge in [0.1, 0.15) is 5.21 Å². The molecule has 1 N–H and O–H groups in total. The van der Waals surface area contributed by atoms with Crippen molar-refractivity contribution in [3.8, 4) is 0 Å². The average molecular weight is 227 g/mol. The van der Waals surface area contributed by atoms with Gasteiger partial charge in [-0.25, -0.2) is 13.1 Å². The van der Waals surface area contributed by atoms with Crippen molar-refractivity contribution in [2.24, 2.45) is 0 Å². The number of hydrogen-bond acceptors (Lipinski definition) is 3. The molecule has 1 fully saturated rings. The van der Waals surface area contributed by atoms with Crippen molar-refractivity contribution in [1.29, 1.82) is 0 Å². The monoisotopic (exact) mass is 226 g/mol. The summed E-state index contributed by atoms with van der Waals surface area (Å²) in [5.41, 5.74) is 0. The van der Waals surface area contributed by atoms with Crippen molar-refractivity contribution < 1.29 is 8.42 Å². The van der Waals surface area contributed by atoms with E-state index in [2.05, 4.69) is 9.62 Å². The summed E-state index contributed by atoms with van der Waals surface area (Å²) in [6, 6.07) is 0.0694. The maximum atomic E-state index is 11.1. The molecule has 0 unspecified atom stereocenters. The number of rotatable bonds is 3. The number of nitrogens with one attached hydrogen (secondary N) is 1. The normalized spacial score (nSPS) is 22.0. The van der Waals surface area contributed by atoms with E-state index in [9.17, 15) is 8.42 Å². The Balaban J connectivity index is 2.39. The quantitative estimate of drug-likeness (QED) is 0.700. The molecule has 0 aromatic rings. The molecule has 1 heterocycles. The third-order valence-corrected chi connectivity index (χ3v) is 4.05. The zero-order valence-electron chi connectivity index (χ0n) is 7.66. The van der Waals surface area contributed by atoms with Gasteiger partial charge in [0, 0.05) is 6.04 Å². The summed E-state index contributed by atoms with van der Waals surface area (Å²) in [5, 5.41) is -0.348. The number of halogens is 1. The fourth-order valence-electron chi connectivity index (χ4n) is 1.41. The van der Waals surface area contributed by atoms with Crippen LogP contribution in [0.1, 0.15) is 12.8 Å². The fourth-order valence-corrected chi connectivity index (χ4v) is 2.41. The number of piperidine rings is 1. The highest BCUT2D eigenvalue weighted by atomic mass is 35.5. The first-order valence-corrected chi connectivity index (χ1v) is 6.47. The Labute approximate surface area is 84.3 Å². The van der Waals surface area contributed by atoms with Crippen LogP contribution in [0.15, 0.2) is 0 Å². The maximum Gasteiger partial charge on any atom is 0.225 e. The zero-order chi connectivity index (χ0) is 9.90. The molecule has 1 rings (SSSR count). The summed E-state index contributed by atoms with van der Waals surface area (Å²) >= 11 is 5.28. The van der Waals surface area contributed by atoms with Crippen molar-refractivity contribution >= 4 is 21.6 Å². The first-order chi connectivity index (χ1) is 6.03. The van der Waals surface area contributed by atoms with Gasteiger partial charge in [-0.1, -0.05) is 0 Å². The summed E-state index contributed by atoms with van der Waals surface area (Å²) in [4.78, 5) is 2.19. The highest BCUT2D eigenvalue weighted by molar-refractivity contribution is 7.90. The lowest BCUT2D eigenvalue weighted by Crippen LogP contribution is -2.43. The molecule has 0 spiro atoms. The van der Waals surface area contributed by atoms with Crippen LogP contribution in [0.5, 0.6) is 0 Å². The molecule has 4 nitrogen and oxygen atoms in total. The number of nitrogens with zero attached hydrogens (tertiary/aromatic N) is 1. The van der Waals surface area contributed by atoms with Gasteiger partial charge < -0.3 is 4.90 Å². The van der Waals surface area contributed by atoms with E-state index in [0.29, 0.717) is 0 Å². The Hall–Kier alpha value is 0.160. The first kappa shape index (κ1) is 11.2. The Bertz CT molecular complexity index is 247. The van der Waals surface area contributed by atoms with E-state index >= 15 is 0 Å². The smallest absolute Gasteiger partial charge is 0.225 e. The average Bonchev–Trinajstić information content (AvgIpc) is 2.09. The number of likely N-dealkylation sites (tertiary alicyclic amines) is 1. The summed E-state index contributed by atoms with van der Waals surface area (Å²) in [6.07, 6.45) is 1.74. The molecule has 78 valence electrons. The third kappa shape index (κ3) is 3.81. The van der Waals surface area contributed by atoms with Gasteiger partial charge >= 0.3 is 0 Å². The number of alkyl halides is 1. The lowest BCUT2D eigenvalue weighted by Gasteiger charge is -2.28. The van der Waals surface area contributed by atoms with Gasteiger partial charge in [0.15, 0.2) is 0 Å². The summed E-state index contributed by atoms with van der Waals surface area (Å²) in [7, 11) is -1.21. The minimum absolute atomic E-state index is 0.0694. The fraction of sp³-hybridized carbons (Fsp3) is 1.00. The third-order valence-electron chi connectivity index (χ3n) is 2.21. The highest BCUT2D eigenvalue weighted by Gasteiger charge is 2.20. The molecule has 0 bridgehead atoms. The molecule has 1 aliphatic heterocycles. The van der Waals surface area contributed by atoms with E-state index < -0.39 is 10.0 Å². The second-order valence-electron chi connectivity index (χ2n) is 3.42. The standard InChI is InChI=1S/C7H15ClN2O2S/c1-10-4-2-7(3-5-10)9-13(11,12)6-8/h7,9H,2-6H2,1H3. The Kier molecular flexibility index (Phi) is 3.97. The van der Waals surface area contributed by atoms with Crippen LogP contribution in [0.2, 0.25) is 0 Å². The van der Waals surface area contributed by atoms with Crippen LogP contribution in [-0.4, -0.2) is 44.7 Å². The first-order valence-electron chi connectivity index (χ1n) is 4.28. The maximum absolute atomic E-state index is 11.1. The predicted molar refractivity (Wildman–Crippen MR) is 53.3 cm³/mol. The summed E-state index contributed by atoms with van der Waals surface area (Å²) < 4.78 is 24.8. The molecule has 0 atom stereocenters. The Morgan fingerprint density at radius 2 is 2.00 bits per heavy atom. The molecular formula is C7H15ClN2O2S. The van der Waals surface area contributed by atoms with E-state index in [1.54, 1.807) is 0 Å². The van der Waals surface area contributed by atoms with Gasteiger partial charge in [-0.05, 0) is 33.0 Å². The van der Waals surface area contributed by atoms with Gasteiger partial charge in [0.2, 0.25) is 10.0 Å². The molecule has 13 heavy (non-hydrogen) atoms. The second-order valence-corrected chi connectivity index (χ2v) is 5.76. The molecular weight excluding hydrogens is 212 g/mol. The molecule has 6 heteroatoms.